The molecule has 0 bridgehead atoms. The monoisotopic (exact) mass is 349 g/mol. The molecule has 1 aromatic carbocycles. The van der Waals surface area contributed by atoms with Crippen molar-refractivity contribution in [2.75, 3.05) is 26.9 Å². The zero-order valence-electron chi connectivity index (χ0n) is 13.0. The Kier molecular flexibility index (Phi) is 6.83. The minimum Gasteiger partial charge on any atom is -0.490 e. The summed E-state index contributed by atoms with van der Waals surface area (Å²) in [5, 5.41) is 0. The average Bonchev–Trinajstić information content (AvgIpc) is 2.82. The maximum absolute atomic E-state index is 12.4. The molecule has 1 aliphatic heterocycles. The molecule has 0 saturated carbocycles. The van der Waals surface area contributed by atoms with Gasteiger partial charge in [-0.15, -0.1) is 0 Å². The quantitative estimate of drug-likeness (QED) is 0.311. The van der Waals surface area contributed by atoms with Crippen molar-refractivity contribution in [2.24, 2.45) is 0 Å². The van der Waals surface area contributed by atoms with Crippen LogP contribution in [-0.2, 0) is 9.53 Å². The van der Waals surface area contributed by atoms with Gasteiger partial charge < -0.3 is 9.47 Å². The molecule has 0 aliphatic carbocycles. The maximum Gasteiger partial charge on any atom is 0.266 e. The average molecular weight is 349 g/mol. The number of methoxy groups -OCH3 is 1. The summed E-state index contributed by atoms with van der Waals surface area (Å²) in [5.41, 5.74) is 0.938. The first kappa shape index (κ1) is 17.7. The van der Waals surface area contributed by atoms with Gasteiger partial charge in [0.05, 0.1) is 4.91 Å². The number of carbonyl (C=O) groups is 1. The molecule has 0 unspecified atom stereocenters. The third-order valence-corrected chi connectivity index (χ3v) is 4.53. The predicted molar refractivity (Wildman–Crippen MR) is 98.5 cm³/mol. The number of thioether (sulfide) groups is 1. The van der Waals surface area contributed by atoms with Crippen molar-refractivity contribution in [1.29, 1.82) is 0 Å². The van der Waals surface area contributed by atoms with E-state index in [4.69, 9.17) is 21.7 Å². The summed E-state index contributed by atoms with van der Waals surface area (Å²) in [5.74, 6) is 0.734. The number of amides is 1. The first-order valence-corrected chi connectivity index (χ1v) is 8.46. The lowest BCUT2D eigenvalue weighted by Gasteiger charge is -2.13. The van der Waals surface area contributed by atoms with Gasteiger partial charge in [-0.1, -0.05) is 48.8 Å². The molecule has 0 N–H and O–H groups in total. The smallest absolute Gasteiger partial charge is 0.266 e. The van der Waals surface area contributed by atoms with Crippen LogP contribution in [0.15, 0.2) is 41.8 Å². The first-order valence-electron chi connectivity index (χ1n) is 7.23. The molecule has 1 aliphatic rings. The Bertz CT molecular complexity index is 611. The van der Waals surface area contributed by atoms with Gasteiger partial charge in [0.25, 0.3) is 5.91 Å². The topological polar surface area (TPSA) is 38.8 Å². The van der Waals surface area contributed by atoms with Crippen molar-refractivity contribution in [1.82, 2.24) is 4.90 Å². The minimum atomic E-state index is -0.0388. The summed E-state index contributed by atoms with van der Waals surface area (Å²) in [7, 11) is 1.65. The van der Waals surface area contributed by atoms with E-state index in [1.165, 1.54) is 11.8 Å². The van der Waals surface area contributed by atoms with Crippen LogP contribution < -0.4 is 4.74 Å². The van der Waals surface area contributed by atoms with E-state index in [9.17, 15) is 4.79 Å². The van der Waals surface area contributed by atoms with Crippen molar-refractivity contribution >= 4 is 40.3 Å². The second kappa shape index (κ2) is 8.86. The Hall–Kier alpha value is -1.63. The summed E-state index contributed by atoms with van der Waals surface area (Å²) in [4.78, 5) is 14.7. The van der Waals surface area contributed by atoms with Gasteiger partial charge in [0.15, 0.2) is 0 Å². The Morgan fingerprint density at radius 2 is 2.09 bits per heavy atom. The molecule has 1 amide bonds. The lowest BCUT2D eigenvalue weighted by Crippen LogP contribution is -2.29. The summed E-state index contributed by atoms with van der Waals surface area (Å²) in [6.45, 7) is 5.28. The SMILES string of the molecule is C=CCOc1ccc(/C=C2/SC(=S)N(CCCOC)C2=O)cc1. The number of hydrogen-bond donors (Lipinski definition) is 0. The lowest BCUT2D eigenvalue weighted by molar-refractivity contribution is -0.122. The molecule has 23 heavy (non-hydrogen) atoms. The molecular weight excluding hydrogens is 330 g/mol. The fraction of sp³-hybridized carbons (Fsp3) is 0.294. The van der Waals surface area contributed by atoms with E-state index in [0.29, 0.717) is 29.0 Å². The minimum absolute atomic E-state index is 0.0388. The van der Waals surface area contributed by atoms with Gasteiger partial charge in [0.2, 0.25) is 0 Å². The Labute approximate surface area is 146 Å². The molecule has 122 valence electrons. The van der Waals surface area contributed by atoms with Gasteiger partial charge in [-0.2, -0.15) is 0 Å². The van der Waals surface area contributed by atoms with E-state index in [-0.39, 0.29) is 5.91 Å². The van der Waals surface area contributed by atoms with E-state index in [2.05, 4.69) is 6.58 Å². The van der Waals surface area contributed by atoms with Crippen LogP contribution in [0.3, 0.4) is 0 Å². The predicted octanol–water partition coefficient (Wildman–Crippen LogP) is 3.49. The van der Waals surface area contributed by atoms with Gasteiger partial charge >= 0.3 is 0 Å². The zero-order chi connectivity index (χ0) is 16.7. The highest BCUT2D eigenvalue weighted by molar-refractivity contribution is 8.26. The zero-order valence-corrected chi connectivity index (χ0v) is 14.6. The lowest BCUT2D eigenvalue weighted by atomic mass is 10.2. The number of thiocarbonyl (C=S) groups is 1. The van der Waals surface area contributed by atoms with Crippen LogP contribution in [0.2, 0.25) is 0 Å². The molecule has 0 aromatic heterocycles. The molecule has 4 nitrogen and oxygen atoms in total. The van der Waals surface area contributed by atoms with E-state index in [0.717, 1.165) is 17.7 Å². The highest BCUT2D eigenvalue weighted by Gasteiger charge is 2.31. The molecule has 1 fully saturated rings. The third kappa shape index (κ3) is 4.92. The van der Waals surface area contributed by atoms with Gasteiger partial charge in [0, 0.05) is 20.3 Å². The molecule has 1 aromatic rings. The molecule has 0 spiro atoms. The van der Waals surface area contributed by atoms with E-state index >= 15 is 0 Å². The highest BCUT2D eigenvalue weighted by Crippen LogP contribution is 2.32. The second-order valence-corrected chi connectivity index (χ2v) is 6.52. The number of benzene rings is 1. The maximum atomic E-state index is 12.4. The summed E-state index contributed by atoms with van der Waals surface area (Å²) in [6, 6.07) is 7.56. The van der Waals surface area contributed by atoms with Crippen LogP contribution in [0.25, 0.3) is 6.08 Å². The van der Waals surface area contributed by atoms with Crippen molar-refractivity contribution in [3.05, 3.63) is 47.4 Å². The number of ether oxygens (including phenoxy) is 2. The number of hydrogen-bond acceptors (Lipinski definition) is 5. The number of nitrogens with zero attached hydrogens (tertiary/aromatic N) is 1. The largest absolute Gasteiger partial charge is 0.490 e. The molecule has 0 radical (unpaired) electrons. The van der Waals surface area contributed by atoms with Crippen molar-refractivity contribution in [3.8, 4) is 5.75 Å². The molecular formula is C17H19NO3S2. The van der Waals surface area contributed by atoms with Crippen LogP contribution in [-0.4, -0.2) is 42.0 Å². The fourth-order valence-electron chi connectivity index (χ4n) is 2.03. The summed E-state index contributed by atoms with van der Waals surface area (Å²) < 4.78 is 11.1. The Morgan fingerprint density at radius 1 is 1.35 bits per heavy atom. The van der Waals surface area contributed by atoms with Crippen molar-refractivity contribution < 1.29 is 14.3 Å². The van der Waals surface area contributed by atoms with Gasteiger partial charge in [-0.25, -0.2) is 0 Å². The van der Waals surface area contributed by atoms with Crippen LogP contribution >= 0.6 is 24.0 Å². The second-order valence-electron chi connectivity index (χ2n) is 4.85. The summed E-state index contributed by atoms with van der Waals surface area (Å²) >= 11 is 6.62. The normalized spacial score (nSPS) is 16.2. The van der Waals surface area contributed by atoms with E-state index in [1.54, 1.807) is 18.1 Å². The van der Waals surface area contributed by atoms with Crippen LogP contribution in [0.5, 0.6) is 5.75 Å². The van der Waals surface area contributed by atoms with Crippen molar-refractivity contribution in [2.45, 2.75) is 6.42 Å². The highest BCUT2D eigenvalue weighted by atomic mass is 32.2. The molecule has 2 rings (SSSR count). The Morgan fingerprint density at radius 3 is 2.74 bits per heavy atom. The Balaban J connectivity index is 2.03. The number of rotatable bonds is 8. The number of carbonyl (C=O) groups excluding carboxylic acids is 1. The summed E-state index contributed by atoms with van der Waals surface area (Å²) in [6.07, 6.45) is 4.32. The van der Waals surface area contributed by atoms with E-state index < -0.39 is 0 Å². The molecule has 6 heteroatoms. The van der Waals surface area contributed by atoms with Gasteiger partial charge in [-0.05, 0) is 30.2 Å². The van der Waals surface area contributed by atoms with Crippen LogP contribution in [0.4, 0.5) is 0 Å². The molecule has 0 atom stereocenters. The van der Waals surface area contributed by atoms with Gasteiger partial charge in [0.1, 0.15) is 16.7 Å². The fourth-order valence-corrected chi connectivity index (χ4v) is 3.34. The standard InChI is InChI=1S/C17H19NO3S2/c1-3-10-21-14-7-5-13(6-8-14)12-15-16(19)18(17(22)23-15)9-4-11-20-2/h3,5-8,12H,1,4,9-11H2,2H3/b15-12+. The van der Waals surface area contributed by atoms with Gasteiger partial charge in [-0.3, -0.25) is 9.69 Å². The first-order chi connectivity index (χ1) is 11.2. The van der Waals surface area contributed by atoms with Crippen LogP contribution in [0, 0.1) is 0 Å². The van der Waals surface area contributed by atoms with Crippen molar-refractivity contribution in [3.63, 3.8) is 0 Å². The molecule has 1 heterocycles. The molecule has 1 saturated heterocycles. The van der Waals surface area contributed by atoms with Crippen LogP contribution in [0.1, 0.15) is 12.0 Å². The van der Waals surface area contributed by atoms with E-state index in [1.807, 2.05) is 30.3 Å². The third-order valence-electron chi connectivity index (χ3n) is 3.15.